The van der Waals surface area contributed by atoms with Crippen molar-refractivity contribution in [3.63, 3.8) is 0 Å². The molecule has 1 heteroatoms. The molecule has 66 valence electrons. The molecule has 0 unspecified atom stereocenters. The summed E-state index contributed by atoms with van der Waals surface area (Å²) in [5.74, 6) is 2.65. The number of benzene rings is 1. The maximum Gasteiger partial charge on any atom is 0.0714 e. The summed E-state index contributed by atoms with van der Waals surface area (Å²) in [5.41, 5.74) is 2.81. The molecule has 0 spiro atoms. The molecule has 2 aromatic rings. The molecule has 0 N–H and O–H groups in total. The van der Waals surface area contributed by atoms with Gasteiger partial charge in [-0.15, -0.1) is 6.42 Å². The van der Waals surface area contributed by atoms with E-state index < -0.39 is 0 Å². The number of nitrogens with zero attached hydrogens (tertiary/aromatic N) is 1. The molecule has 0 aliphatic heterocycles. The molecule has 0 radical (unpaired) electrons. The van der Waals surface area contributed by atoms with Crippen LogP contribution in [0, 0.1) is 12.3 Å². The van der Waals surface area contributed by atoms with E-state index in [1.54, 1.807) is 6.20 Å². The Balaban J connectivity index is 2.58. The van der Waals surface area contributed by atoms with Crippen LogP contribution >= 0.6 is 0 Å². The molecule has 14 heavy (non-hydrogen) atoms. The first kappa shape index (κ1) is 8.52. The molecule has 0 atom stereocenters. The monoisotopic (exact) mass is 179 g/mol. The standard InChI is InChI=1S/C13H9N/c1-2-11-7-3-4-8-12(11)13-9-5-6-10-14-13/h1,3-10H. The molecular formula is C13H9N. The third-order valence-electron chi connectivity index (χ3n) is 2.02. The van der Waals surface area contributed by atoms with Crippen LogP contribution in [-0.2, 0) is 0 Å². The van der Waals surface area contributed by atoms with E-state index in [0.29, 0.717) is 0 Å². The summed E-state index contributed by atoms with van der Waals surface area (Å²) in [6.45, 7) is 0. The highest BCUT2D eigenvalue weighted by molar-refractivity contribution is 5.67. The van der Waals surface area contributed by atoms with Gasteiger partial charge in [-0.1, -0.05) is 30.2 Å². The van der Waals surface area contributed by atoms with Crippen LogP contribution in [0.5, 0.6) is 0 Å². The normalized spacial score (nSPS) is 9.36. The van der Waals surface area contributed by atoms with Crippen molar-refractivity contribution in [1.29, 1.82) is 0 Å². The summed E-state index contributed by atoms with van der Waals surface area (Å²) < 4.78 is 0. The number of aromatic nitrogens is 1. The van der Waals surface area contributed by atoms with Gasteiger partial charge in [-0.25, -0.2) is 0 Å². The minimum atomic E-state index is 0.881. The maximum atomic E-state index is 5.41. The molecule has 1 nitrogen and oxygen atoms in total. The Morgan fingerprint density at radius 3 is 2.50 bits per heavy atom. The second-order valence-electron chi connectivity index (χ2n) is 2.90. The predicted octanol–water partition coefficient (Wildman–Crippen LogP) is 2.73. The van der Waals surface area contributed by atoms with Crippen molar-refractivity contribution in [3.05, 3.63) is 54.2 Å². The van der Waals surface area contributed by atoms with Crippen LogP contribution in [0.2, 0.25) is 0 Å². The lowest BCUT2D eigenvalue weighted by Gasteiger charge is -2.02. The fourth-order valence-corrected chi connectivity index (χ4v) is 1.35. The van der Waals surface area contributed by atoms with Gasteiger partial charge in [-0.05, 0) is 18.2 Å². The van der Waals surface area contributed by atoms with Crippen LogP contribution < -0.4 is 0 Å². The average Bonchev–Trinajstić information content (AvgIpc) is 2.30. The van der Waals surface area contributed by atoms with Gasteiger partial charge in [-0.2, -0.15) is 0 Å². The van der Waals surface area contributed by atoms with Crippen molar-refractivity contribution >= 4 is 0 Å². The van der Waals surface area contributed by atoms with Crippen molar-refractivity contribution < 1.29 is 0 Å². The van der Waals surface area contributed by atoms with Gasteiger partial charge in [0.25, 0.3) is 0 Å². The van der Waals surface area contributed by atoms with E-state index in [1.165, 1.54) is 0 Å². The Morgan fingerprint density at radius 1 is 1.00 bits per heavy atom. The van der Waals surface area contributed by atoms with Gasteiger partial charge in [-0.3, -0.25) is 4.98 Å². The van der Waals surface area contributed by atoms with Crippen LogP contribution in [-0.4, -0.2) is 4.98 Å². The SMILES string of the molecule is C#Cc1ccccc1-c1ccccn1. The highest BCUT2D eigenvalue weighted by Gasteiger charge is 2.01. The van der Waals surface area contributed by atoms with E-state index >= 15 is 0 Å². The topological polar surface area (TPSA) is 12.9 Å². The summed E-state index contributed by atoms with van der Waals surface area (Å²) in [7, 11) is 0. The van der Waals surface area contributed by atoms with Gasteiger partial charge in [0.2, 0.25) is 0 Å². The van der Waals surface area contributed by atoms with Crippen LogP contribution in [0.15, 0.2) is 48.7 Å². The van der Waals surface area contributed by atoms with Gasteiger partial charge in [0, 0.05) is 17.3 Å². The average molecular weight is 179 g/mol. The van der Waals surface area contributed by atoms with Crippen molar-refractivity contribution in [2.24, 2.45) is 0 Å². The van der Waals surface area contributed by atoms with Crippen molar-refractivity contribution in [2.75, 3.05) is 0 Å². The molecule has 0 fully saturated rings. The zero-order chi connectivity index (χ0) is 9.80. The molecular weight excluding hydrogens is 170 g/mol. The Hall–Kier alpha value is -2.07. The van der Waals surface area contributed by atoms with E-state index in [2.05, 4.69) is 10.9 Å². The molecule has 0 bridgehead atoms. The second kappa shape index (κ2) is 3.76. The highest BCUT2D eigenvalue weighted by atomic mass is 14.7. The molecule has 0 amide bonds. The smallest absolute Gasteiger partial charge is 0.0714 e. The third kappa shape index (κ3) is 1.51. The van der Waals surface area contributed by atoms with E-state index in [0.717, 1.165) is 16.8 Å². The molecule has 1 aromatic heterocycles. The Morgan fingerprint density at radius 2 is 1.79 bits per heavy atom. The lowest BCUT2D eigenvalue weighted by atomic mass is 10.0. The first-order valence-corrected chi connectivity index (χ1v) is 4.39. The lowest BCUT2D eigenvalue weighted by Crippen LogP contribution is -1.85. The first-order chi connectivity index (χ1) is 6.92. The van der Waals surface area contributed by atoms with Crippen LogP contribution in [0.4, 0.5) is 0 Å². The fourth-order valence-electron chi connectivity index (χ4n) is 1.35. The van der Waals surface area contributed by atoms with Crippen molar-refractivity contribution in [1.82, 2.24) is 4.98 Å². The molecule has 2 rings (SSSR count). The number of pyridine rings is 1. The number of hydrogen-bond donors (Lipinski definition) is 0. The summed E-state index contributed by atoms with van der Waals surface area (Å²) >= 11 is 0. The number of rotatable bonds is 1. The molecule has 0 saturated heterocycles. The van der Waals surface area contributed by atoms with Crippen molar-refractivity contribution in [2.45, 2.75) is 0 Å². The Labute approximate surface area is 83.4 Å². The highest BCUT2D eigenvalue weighted by Crippen LogP contribution is 2.19. The summed E-state index contributed by atoms with van der Waals surface area (Å²) in [6, 6.07) is 13.6. The molecule has 1 heterocycles. The van der Waals surface area contributed by atoms with Crippen LogP contribution in [0.3, 0.4) is 0 Å². The van der Waals surface area contributed by atoms with E-state index in [9.17, 15) is 0 Å². The minimum Gasteiger partial charge on any atom is -0.256 e. The third-order valence-corrected chi connectivity index (χ3v) is 2.02. The Kier molecular flexibility index (Phi) is 2.29. The fraction of sp³-hybridized carbons (Fsp3) is 0. The van der Waals surface area contributed by atoms with Gasteiger partial charge in [0.05, 0.1) is 5.69 Å². The Bertz CT molecular complexity index is 466. The van der Waals surface area contributed by atoms with Gasteiger partial charge in [0.1, 0.15) is 0 Å². The lowest BCUT2D eigenvalue weighted by molar-refractivity contribution is 1.32. The summed E-state index contributed by atoms with van der Waals surface area (Å²) in [5, 5.41) is 0. The van der Waals surface area contributed by atoms with E-state index in [4.69, 9.17) is 6.42 Å². The van der Waals surface area contributed by atoms with Gasteiger partial charge in [0.15, 0.2) is 0 Å². The largest absolute Gasteiger partial charge is 0.256 e. The zero-order valence-electron chi connectivity index (χ0n) is 7.64. The van der Waals surface area contributed by atoms with Crippen LogP contribution in [0.25, 0.3) is 11.3 Å². The zero-order valence-corrected chi connectivity index (χ0v) is 7.64. The number of terminal acetylenes is 1. The molecule has 1 aromatic carbocycles. The molecule has 0 aliphatic rings. The summed E-state index contributed by atoms with van der Waals surface area (Å²) in [6.07, 6.45) is 7.18. The minimum absolute atomic E-state index is 0.881. The van der Waals surface area contributed by atoms with Crippen molar-refractivity contribution in [3.8, 4) is 23.6 Å². The first-order valence-electron chi connectivity index (χ1n) is 4.39. The molecule has 0 aliphatic carbocycles. The van der Waals surface area contributed by atoms with Gasteiger partial charge >= 0.3 is 0 Å². The summed E-state index contributed by atoms with van der Waals surface area (Å²) in [4.78, 5) is 4.26. The second-order valence-corrected chi connectivity index (χ2v) is 2.90. The van der Waals surface area contributed by atoms with Gasteiger partial charge < -0.3 is 0 Å². The van der Waals surface area contributed by atoms with Crippen LogP contribution in [0.1, 0.15) is 5.56 Å². The van der Waals surface area contributed by atoms with E-state index in [1.807, 2.05) is 42.5 Å². The number of hydrogen-bond acceptors (Lipinski definition) is 1. The predicted molar refractivity (Wildman–Crippen MR) is 57.6 cm³/mol. The quantitative estimate of drug-likeness (QED) is 0.613. The molecule has 0 saturated carbocycles. The maximum absolute atomic E-state index is 5.41. The van der Waals surface area contributed by atoms with E-state index in [-0.39, 0.29) is 0 Å².